The number of hydrogen-bond donors (Lipinski definition) is 0. The van der Waals surface area contributed by atoms with Gasteiger partial charge in [-0.2, -0.15) is 0 Å². The molecule has 0 saturated carbocycles. The molecular weight excluding hydrogens is 346 g/mol. The number of ether oxygens (including phenoxy) is 1. The highest BCUT2D eigenvalue weighted by atomic mass is 19.1. The van der Waals surface area contributed by atoms with E-state index in [2.05, 4.69) is 16.7 Å². The average molecular weight is 378 g/mol. The van der Waals surface area contributed by atoms with Crippen molar-refractivity contribution in [3.8, 4) is 5.75 Å². The molecule has 2 aliphatic heterocycles. The summed E-state index contributed by atoms with van der Waals surface area (Å²) in [5, 5.41) is 0. The predicted octanol–water partition coefficient (Wildman–Crippen LogP) is 2.14. The van der Waals surface area contributed by atoms with Crippen molar-refractivity contribution in [1.29, 1.82) is 0 Å². The summed E-state index contributed by atoms with van der Waals surface area (Å²) in [5.74, 6) is 0.183. The minimum Gasteiger partial charge on any atom is -0.492 e. The smallest absolute Gasteiger partial charge is 0.492 e. The molecule has 0 amide bonds. The quantitative estimate of drug-likeness (QED) is 0.709. The lowest BCUT2D eigenvalue weighted by molar-refractivity contribution is 0.00578. The van der Waals surface area contributed by atoms with E-state index in [1.807, 2.05) is 27.7 Å². The zero-order chi connectivity index (χ0) is 19.7. The lowest BCUT2D eigenvalue weighted by atomic mass is 9.78. The van der Waals surface area contributed by atoms with E-state index in [9.17, 15) is 4.39 Å². The number of nitrogens with zero attached hydrogens (tertiary/aromatic N) is 2. The molecule has 3 rings (SSSR count). The summed E-state index contributed by atoms with van der Waals surface area (Å²) in [7, 11) is -0.695. The lowest BCUT2D eigenvalue weighted by Crippen LogP contribution is -2.47. The van der Waals surface area contributed by atoms with Crippen molar-refractivity contribution in [2.75, 3.05) is 45.9 Å². The summed E-state index contributed by atoms with van der Waals surface area (Å²) in [5.41, 5.74) is -0.556. The summed E-state index contributed by atoms with van der Waals surface area (Å²) in [6.45, 7) is 16.9. The fourth-order valence-electron chi connectivity index (χ4n) is 3.38. The van der Waals surface area contributed by atoms with Crippen LogP contribution in [0.3, 0.4) is 0 Å². The van der Waals surface area contributed by atoms with E-state index in [0.29, 0.717) is 17.8 Å². The molecule has 0 aromatic heterocycles. The number of rotatable bonds is 6. The first-order valence-corrected chi connectivity index (χ1v) is 9.94. The molecule has 1 aromatic carbocycles. The molecule has 2 fully saturated rings. The maximum atomic E-state index is 14.6. The largest absolute Gasteiger partial charge is 0.497 e. The van der Waals surface area contributed by atoms with Crippen LogP contribution in [0.2, 0.25) is 0 Å². The molecule has 150 valence electrons. The number of piperazine rings is 1. The molecular formula is C20H32BFN2O3. The Kier molecular flexibility index (Phi) is 6.16. The van der Waals surface area contributed by atoms with E-state index >= 15 is 0 Å². The van der Waals surface area contributed by atoms with Gasteiger partial charge in [-0.15, -0.1) is 0 Å². The third-order valence-electron chi connectivity index (χ3n) is 6.07. The van der Waals surface area contributed by atoms with Gasteiger partial charge in [0.25, 0.3) is 0 Å². The highest BCUT2D eigenvalue weighted by Crippen LogP contribution is 2.36. The van der Waals surface area contributed by atoms with Gasteiger partial charge in [-0.1, -0.05) is 13.0 Å². The molecule has 5 nitrogen and oxygen atoms in total. The Morgan fingerprint density at radius 1 is 1.04 bits per heavy atom. The molecule has 7 heteroatoms. The van der Waals surface area contributed by atoms with E-state index in [1.54, 1.807) is 12.1 Å². The van der Waals surface area contributed by atoms with Gasteiger partial charge in [0.15, 0.2) is 0 Å². The van der Waals surface area contributed by atoms with Crippen molar-refractivity contribution < 1.29 is 18.4 Å². The molecule has 0 radical (unpaired) electrons. The van der Waals surface area contributed by atoms with Gasteiger partial charge in [0, 0.05) is 44.3 Å². The fourth-order valence-corrected chi connectivity index (χ4v) is 3.38. The Hall–Kier alpha value is -1.15. The van der Waals surface area contributed by atoms with Crippen LogP contribution in [-0.2, 0) is 9.31 Å². The fraction of sp³-hybridized carbons (Fsp3) is 0.700. The highest BCUT2D eigenvalue weighted by Gasteiger charge is 2.52. The van der Waals surface area contributed by atoms with Gasteiger partial charge in [0.2, 0.25) is 0 Å². The summed E-state index contributed by atoms with van der Waals surface area (Å²) >= 11 is 0. The van der Waals surface area contributed by atoms with Crippen LogP contribution in [0, 0.1) is 5.82 Å². The van der Waals surface area contributed by atoms with Crippen LogP contribution in [0.25, 0.3) is 0 Å². The molecule has 1 aromatic rings. The second-order valence-electron chi connectivity index (χ2n) is 8.40. The zero-order valence-corrected chi connectivity index (χ0v) is 17.3. The zero-order valence-electron chi connectivity index (χ0n) is 17.3. The third-order valence-corrected chi connectivity index (χ3v) is 6.07. The Morgan fingerprint density at radius 3 is 2.19 bits per heavy atom. The van der Waals surface area contributed by atoms with Gasteiger partial charge in [0.05, 0.1) is 11.2 Å². The molecule has 0 bridgehead atoms. The van der Waals surface area contributed by atoms with Crippen molar-refractivity contribution >= 4 is 12.6 Å². The van der Waals surface area contributed by atoms with Gasteiger partial charge in [-0.25, -0.2) is 4.39 Å². The van der Waals surface area contributed by atoms with Gasteiger partial charge in [-0.05, 0) is 40.3 Å². The molecule has 2 heterocycles. The second-order valence-corrected chi connectivity index (χ2v) is 8.40. The Bertz CT molecular complexity index is 632. The predicted molar refractivity (Wildman–Crippen MR) is 106 cm³/mol. The first-order chi connectivity index (χ1) is 12.7. The molecule has 0 unspecified atom stereocenters. The first-order valence-electron chi connectivity index (χ1n) is 9.94. The second kappa shape index (κ2) is 8.07. The summed E-state index contributed by atoms with van der Waals surface area (Å²) in [6, 6.07) is 4.92. The molecule has 0 spiro atoms. The number of likely N-dealkylation sites (N-methyl/N-ethyl adjacent to an activating group) is 1. The Labute approximate surface area is 162 Å². The number of benzene rings is 1. The van der Waals surface area contributed by atoms with Crippen LogP contribution in [0.15, 0.2) is 18.2 Å². The molecule has 0 atom stereocenters. The first kappa shape index (κ1) is 20.6. The van der Waals surface area contributed by atoms with E-state index in [-0.39, 0.29) is 5.82 Å². The number of hydrogen-bond acceptors (Lipinski definition) is 5. The van der Waals surface area contributed by atoms with Gasteiger partial charge in [-0.3, -0.25) is 4.90 Å². The average Bonchev–Trinajstić information content (AvgIpc) is 2.83. The van der Waals surface area contributed by atoms with Crippen molar-refractivity contribution in [3.05, 3.63) is 24.0 Å². The number of halogens is 1. The Balaban J connectivity index is 1.52. The van der Waals surface area contributed by atoms with Gasteiger partial charge >= 0.3 is 7.12 Å². The molecule has 0 N–H and O–H groups in total. The van der Waals surface area contributed by atoms with Crippen molar-refractivity contribution in [2.24, 2.45) is 0 Å². The third kappa shape index (κ3) is 4.65. The van der Waals surface area contributed by atoms with Crippen molar-refractivity contribution in [1.82, 2.24) is 9.80 Å². The van der Waals surface area contributed by atoms with Crippen LogP contribution in [0.1, 0.15) is 34.6 Å². The topological polar surface area (TPSA) is 34.2 Å². The molecule has 0 aliphatic carbocycles. The van der Waals surface area contributed by atoms with Gasteiger partial charge < -0.3 is 18.9 Å². The van der Waals surface area contributed by atoms with E-state index < -0.39 is 18.3 Å². The molecule has 2 saturated heterocycles. The van der Waals surface area contributed by atoms with E-state index in [0.717, 1.165) is 39.3 Å². The summed E-state index contributed by atoms with van der Waals surface area (Å²) < 4.78 is 32.3. The minimum atomic E-state index is -0.695. The van der Waals surface area contributed by atoms with Crippen LogP contribution in [0.4, 0.5) is 4.39 Å². The molecule has 2 aliphatic rings. The van der Waals surface area contributed by atoms with E-state index in [4.69, 9.17) is 14.0 Å². The lowest BCUT2D eigenvalue weighted by Gasteiger charge is -2.33. The maximum Gasteiger partial charge on any atom is 0.497 e. The van der Waals surface area contributed by atoms with Crippen LogP contribution < -0.4 is 10.2 Å². The Morgan fingerprint density at radius 2 is 1.63 bits per heavy atom. The summed E-state index contributed by atoms with van der Waals surface area (Å²) in [4.78, 5) is 4.84. The van der Waals surface area contributed by atoms with E-state index in [1.165, 1.54) is 6.07 Å². The maximum absolute atomic E-state index is 14.6. The SMILES string of the molecule is CCN1CCN(CCOc2ccc(B3OC(C)(C)C(C)(C)O3)c(F)c2)CC1. The molecule has 27 heavy (non-hydrogen) atoms. The monoisotopic (exact) mass is 378 g/mol. The standard InChI is InChI=1S/C20H32BFN2O3/c1-6-23-9-11-24(12-10-23)13-14-25-16-7-8-17(18(22)15-16)21-26-19(2,3)20(4,5)27-21/h7-8,15H,6,9-14H2,1-5H3. The van der Waals surface area contributed by atoms with Crippen molar-refractivity contribution in [3.63, 3.8) is 0 Å². The highest BCUT2D eigenvalue weighted by molar-refractivity contribution is 6.62. The van der Waals surface area contributed by atoms with Gasteiger partial charge in [0.1, 0.15) is 18.2 Å². The minimum absolute atomic E-state index is 0.359. The van der Waals surface area contributed by atoms with Crippen molar-refractivity contribution in [2.45, 2.75) is 45.8 Å². The van der Waals surface area contributed by atoms with Crippen LogP contribution in [0.5, 0.6) is 5.75 Å². The normalized spacial score (nSPS) is 23.0. The summed E-state index contributed by atoms with van der Waals surface area (Å²) in [6.07, 6.45) is 0. The van der Waals surface area contributed by atoms with Crippen LogP contribution in [-0.4, -0.2) is 74.0 Å². The van der Waals surface area contributed by atoms with Crippen LogP contribution >= 0.6 is 0 Å².